The van der Waals surface area contributed by atoms with Crippen LogP contribution in [-0.4, -0.2) is 37.1 Å². The van der Waals surface area contributed by atoms with Gasteiger partial charge in [0.05, 0.1) is 0 Å². The zero-order valence-electron chi connectivity index (χ0n) is 13.8. The standard InChI is InChI=1S/C17H36N2/c1-15(2)14-18-13-9-10-16(3)19(4)17-11-7-5-6-8-12-17/h15-18H,5-14H2,1-4H3. The molecule has 1 aliphatic rings. The third-order valence-electron chi connectivity index (χ3n) is 4.62. The van der Waals surface area contributed by atoms with Gasteiger partial charge in [-0.2, -0.15) is 0 Å². The molecular weight excluding hydrogens is 232 g/mol. The van der Waals surface area contributed by atoms with Crippen LogP contribution >= 0.6 is 0 Å². The monoisotopic (exact) mass is 268 g/mol. The van der Waals surface area contributed by atoms with Crippen LogP contribution in [0.2, 0.25) is 0 Å². The van der Waals surface area contributed by atoms with Crippen LogP contribution in [0.5, 0.6) is 0 Å². The predicted octanol–water partition coefficient (Wildman–Crippen LogP) is 4.06. The highest BCUT2D eigenvalue weighted by molar-refractivity contribution is 4.76. The first-order valence-electron chi connectivity index (χ1n) is 8.54. The van der Waals surface area contributed by atoms with E-state index in [1.807, 2.05) is 0 Å². The maximum absolute atomic E-state index is 3.55. The molecule has 1 N–H and O–H groups in total. The molecule has 1 fully saturated rings. The van der Waals surface area contributed by atoms with Crippen molar-refractivity contribution in [1.29, 1.82) is 0 Å². The molecule has 1 aliphatic carbocycles. The second kappa shape index (κ2) is 9.77. The van der Waals surface area contributed by atoms with Gasteiger partial charge in [0.1, 0.15) is 0 Å². The van der Waals surface area contributed by atoms with E-state index >= 15 is 0 Å². The van der Waals surface area contributed by atoms with Gasteiger partial charge in [0, 0.05) is 12.1 Å². The fourth-order valence-electron chi connectivity index (χ4n) is 3.14. The van der Waals surface area contributed by atoms with E-state index in [1.54, 1.807) is 0 Å². The molecule has 0 heterocycles. The fourth-order valence-corrected chi connectivity index (χ4v) is 3.14. The molecular formula is C17H36N2. The van der Waals surface area contributed by atoms with E-state index in [4.69, 9.17) is 0 Å². The highest BCUT2D eigenvalue weighted by Crippen LogP contribution is 2.23. The molecule has 2 nitrogen and oxygen atoms in total. The number of hydrogen-bond donors (Lipinski definition) is 1. The summed E-state index contributed by atoms with van der Waals surface area (Å²) in [5.41, 5.74) is 0. The highest BCUT2D eigenvalue weighted by Gasteiger charge is 2.20. The summed E-state index contributed by atoms with van der Waals surface area (Å²) in [4.78, 5) is 2.66. The van der Waals surface area contributed by atoms with Crippen molar-refractivity contribution in [1.82, 2.24) is 10.2 Å². The van der Waals surface area contributed by atoms with Crippen LogP contribution in [-0.2, 0) is 0 Å². The molecule has 2 heteroatoms. The number of rotatable bonds is 8. The zero-order valence-corrected chi connectivity index (χ0v) is 13.8. The lowest BCUT2D eigenvalue weighted by Gasteiger charge is -2.32. The average Bonchev–Trinajstić information content (AvgIpc) is 2.65. The predicted molar refractivity (Wildman–Crippen MR) is 85.7 cm³/mol. The van der Waals surface area contributed by atoms with E-state index < -0.39 is 0 Å². The largest absolute Gasteiger partial charge is 0.316 e. The molecule has 1 rings (SSSR count). The van der Waals surface area contributed by atoms with Gasteiger partial charge in [0.25, 0.3) is 0 Å². The van der Waals surface area contributed by atoms with Crippen LogP contribution in [0.3, 0.4) is 0 Å². The fraction of sp³-hybridized carbons (Fsp3) is 1.00. The van der Waals surface area contributed by atoms with Crippen molar-refractivity contribution in [2.75, 3.05) is 20.1 Å². The Hall–Kier alpha value is -0.0800. The molecule has 0 aromatic rings. The van der Waals surface area contributed by atoms with Crippen LogP contribution in [0, 0.1) is 5.92 Å². The second-order valence-corrected chi connectivity index (χ2v) is 6.90. The molecule has 0 spiro atoms. The molecule has 1 atom stereocenters. The minimum atomic E-state index is 0.740. The van der Waals surface area contributed by atoms with Crippen molar-refractivity contribution < 1.29 is 0 Å². The van der Waals surface area contributed by atoms with Crippen LogP contribution < -0.4 is 5.32 Å². The Bertz CT molecular complexity index is 207. The summed E-state index contributed by atoms with van der Waals surface area (Å²) in [6.07, 6.45) is 11.3. The van der Waals surface area contributed by atoms with Crippen molar-refractivity contribution in [2.45, 2.75) is 84.2 Å². The Morgan fingerprint density at radius 1 is 1.05 bits per heavy atom. The topological polar surface area (TPSA) is 15.3 Å². The molecule has 114 valence electrons. The maximum Gasteiger partial charge on any atom is 0.00950 e. The summed E-state index contributed by atoms with van der Waals surface area (Å²) < 4.78 is 0. The van der Waals surface area contributed by atoms with Gasteiger partial charge >= 0.3 is 0 Å². The van der Waals surface area contributed by atoms with Crippen molar-refractivity contribution in [2.24, 2.45) is 5.92 Å². The van der Waals surface area contributed by atoms with E-state index in [9.17, 15) is 0 Å². The van der Waals surface area contributed by atoms with Crippen LogP contribution in [0.1, 0.15) is 72.1 Å². The van der Waals surface area contributed by atoms with Gasteiger partial charge in [0.2, 0.25) is 0 Å². The van der Waals surface area contributed by atoms with E-state index in [0.29, 0.717) is 0 Å². The van der Waals surface area contributed by atoms with Crippen LogP contribution in [0.4, 0.5) is 0 Å². The Morgan fingerprint density at radius 3 is 2.26 bits per heavy atom. The van der Waals surface area contributed by atoms with Gasteiger partial charge in [-0.1, -0.05) is 39.5 Å². The molecule has 0 aliphatic heterocycles. The summed E-state index contributed by atoms with van der Waals surface area (Å²) in [5.74, 6) is 0.770. The van der Waals surface area contributed by atoms with Crippen molar-refractivity contribution in [3.05, 3.63) is 0 Å². The zero-order chi connectivity index (χ0) is 14.1. The molecule has 1 saturated carbocycles. The minimum Gasteiger partial charge on any atom is -0.316 e. The Kier molecular flexibility index (Phi) is 8.72. The molecule has 0 saturated heterocycles. The second-order valence-electron chi connectivity index (χ2n) is 6.90. The Balaban J connectivity index is 2.14. The first kappa shape index (κ1) is 17.0. The first-order valence-corrected chi connectivity index (χ1v) is 8.54. The normalized spacial score (nSPS) is 19.9. The van der Waals surface area contributed by atoms with Gasteiger partial charge in [-0.3, -0.25) is 0 Å². The van der Waals surface area contributed by atoms with E-state index in [1.165, 1.54) is 57.9 Å². The number of nitrogens with one attached hydrogen (secondary N) is 1. The third kappa shape index (κ3) is 7.31. The van der Waals surface area contributed by atoms with Gasteiger partial charge < -0.3 is 10.2 Å². The van der Waals surface area contributed by atoms with E-state index in [2.05, 4.69) is 38.0 Å². The molecule has 0 radical (unpaired) electrons. The maximum atomic E-state index is 3.55. The molecule has 0 amide bonds. The quantitative estimate of drug-likeness (QED) is 0.527. The highest BCUT2D eigenvalue weighted by atomic mass is 15.2. The van der Waals surface area contributed by atoms with Gasteiger partial charge in [-0.15, -0.1) is 0 Å². The van der Waals surface area contributed by atoms with Gasteiger partial charge in [0.15, 0.2) is 0 Å². The lowest BCUT2D eigenvalue weighted by molar-refractivity contribution is 0.158. The van der Waals surface area contributed by atoms with Gasteiger partial charge in [-0.05, 0) is 58.7 Å². The molecule has 0 bridgehead atoms. The minimum absolute atomic E-state index is 0.740. The van der Waals surface area contributed by atoms with Crippen molar-refractivity contribution in [3.8, 4) is 0 Å². The Morgan fingerprint density at radius 2 is 1.68 bits per heavy atom. The number of hydrogen-bond acceptors (Lipinski definition) is 2. The number of nitrogens with zero attached hydrogens (tertiary/aromatic N) is 1. The van der Waals surface area contributed by atoms with Crippen LogP contribution in [0.15, 0.2) is 0 Å². The summed E-state index contributed by atoms with van der Waals surface area (Å²) in [5, 5.41) is 3.55. The van der Waals surface area contributed by atoms with E-state index in [0.717, 1.165) is 24.5 Å². The summed E-state index contributed by atoms with van der Waals surface area (Å²) in [7, 11) is 2.35. The van der Waals surface area contributed by atoms with Crippen molar-refractivity contribution in [3.63, 3.8) is 0 Å². The average molecular weight is 268 g/mol. The lowest BCUT2D eigenvalue weighted by atomic mass is 10.0. The molecule has 19 heavy (non-hydrogen) atoms. The lowest BCUT2D eigenvalue weighted by Crippen LogP contribution is -2.38. The molecule has 0 aromatic heterocycles. The summed E-state index contributed by atoms with van der Waals surface area (Å²) >= 11 is 0. The smallest absolute Gasteiger partial charge is 0.00950 e. The van der Waals surface area contributed by atoms with Crippen molar-refractivity contribution >= 4 is 0 Å². The Labute approximate surface area is 121 Å². The van der Waals surface area contributed by atoms with Gasteiger partial charge in [-0.25, -0.2) is 0 Å². The molecule has 1 unspecified atom stereocenters. The summed E-state index contributed by atoms with van der Waals surface area (Å²) in [6.45, 7) is 9.30. The SMILES string of the molecule is CC(C)CNCCCC(C)N(C)C1CCCCCC1. The first-order chi connectivity index (χ1) is 9.11. The summed E-state index contributed by atoms with van der Waals surface area (Å²) in [6, 6.07) is 1.59. The van der Waals surface area contributed by atoms with Crippen LogP contribution in [0.25, 0.3) is 0 Å². The molecule has 0 aromatic carbocycles. The third-order valence-corrected chi connectivity index (χ3v) is 4.62. The van der Waals surface area contributed by atoms with E-state index in [-0.39, 0.29) is 0 Å².